The summed E-state index contributed by atoms with van der Waals surface area (Å²) < 4.78 is 7.38. The molecule has 0 bridgehead atoms. The van der Waals surface area contributed by atoms with Crippen molar-refractivity contribution in [2.45, 2.75) is 20.4 Å². The zero-order chi connectivity index (χ0) is 25.2. The Balaban J connectivity index is 1.21. The molecule has 0 atom stereocenters. The summed E-state index contributed by atoms with van der Waals surface area (Å²) in [5.74, 6) is 1.00. The third-order valence-electron chi connectivity index (χ3n) is 6.88. The van der Waals surface area contributed by atoms with Crippen molar-refractivity contribution in [2.24, 2.45) is 0 Å². The van der Waals surface area contributed by atoms with Gasteiger partial charge in [0, 0.05) is 42.8 Å². The lowest BCUT2D eigenvalue weighted by molar-refractivity contribution is -0.117. The van der Waals surface area contributed by atoms with E-state index in [0.717, 1.165) is 27.9 Å². The predicted octanol–water partition coefficient (Wildman–Crippen LogP) is 3.50. The number of carbonyl (C=O) groups excluding carboxylic acids is 2. The van der Waals surface area contributed by atoms with E-state index < -0.39 is 0 Å². The number of aromatic amines is 1. The fourth-order valence-corrected chi connectivity index (χ4v) is 4.73. The van der Waals surface area contributed by atoms with E-state index in [1.807, 2.05) is 70.7 Å². The number of carbonyl (C=O) groups is 2. The van der Waals surface area contributed by atoms with Crippen molar-refractivity contribution in [1.29, 1.82) is 5.26 Å². The van der Waals surface area contributed by atoms with Gasteiger partial charge in [0.25, 0.3) is 5.91 Å². The van der Waals surface area contributed by atoms with Crippen LogP contribution in [0.15, 0.2) is 53.1 Å². The van der Waals surface area contributed by atoms with Gasteiger partial charge in [-0.05, 0) is 43.7 Å². The molecule has 2 amide bonds. The Hall–Kier alpha value is -4.29. The Bertz CT molecular complexity index is 1420. The largest absolute Gasteiger partial charge is 0.467 e. The minimum absolute atomic E-state index is 0.0318. The lowest BCUT2D eigenvalue weighted by Gasteiger charge is -2.34. The van der Waals surface area contributed by atoms with Crippen LogP contribution in [0.1, 0.15) is 33.1 Å². The van der Waals surface area contributed by atoms with Crippen molar-refractivity contribution >= 4 is 28.5 Å². The van der Waals surface area contributed by atoms with Crippen molar-refractivity contribution in [2.75, 3.05) is 38.0 Å². The predicted molar refractivity (Wildman–Crippen MR) is 136 cm³/mol. The Morgan fingerprint density at radius 3 is 2.58 bits per heavy atom. The first-order chi connectivity index (χ1) is 17.4. The van der Waals surface area contributed by atoms with Gasteiger partial charge >= 0.3 is 0 Å². The average molecular weight is 485 g/mol. The van der Waals surface area contributed by atoms with Gasteiger partial charge in [0.2, 0.25) is 5.91 Å². The summed E-state index contributed by atoms with van der Waals surface area (Å²) in [6.07, 6.45) is 1.60. The summed E-state index contributed by atoms with van der Waals surface area (Å²) in [5, 5.41) is 13.7. The molecule has 4 aromatic rings. The van der Waals surface area contributed by atoms with Crippen LogP contribution < -0.4 is 5.32 Å². The molecule has 0 aliphatic carbocycles. The van der Waals surface area contributed by atoms with Gasteiger partial charge in [0.05, 0.1) is 24.9 Å². The van der Waals surface area contributed by atoms with Crippen LogP contribution in [-0.4, -0.2) is 63.9 Å². The van der Waals surface area contributed by atoms with Gasteiger partial charge in [-0.1, -0.05) is 18.2 Å². The van der Waals surface area contributed by atoms with Gasteiger partial charge in [0.15, 0.2) is 0 Å². The van der Waals surface area contributed by atoms with Crippen molar-refractivity contribution in [1.82, 2.24) is 19.4 Å². The molecule has 0 spiro atoms. The van der Waals surface area contributed by atoms with Crippen molar-refractivity contribution < 1.29 is 14.0 Å². The molecule has 3 aromatic heterocycles. The van der Waals surface area contributed by atoms with E-state index in [2.05, 4.69) is 16.4 Å². The molecular formula is C27H28N6O3. The van der Waals surface area contributed by atoms with Crippen molar-refractivity contribution in [3.8, 4) is 6.07 Å². The summed E-state index contributed by atoms with van der Waals surface area (Å²) in [7, 11) is 0. The number of piperazine rings is 1. The van der Waals surface area contributed by atoms with Crippen LogP contribution in [0, 0.1) is 25.2 Å². The van der Waals surface area contributed by atoms with E-state index in [-0.39, 0.29) is 18.4 Å². The molecule has 1 aliphatic rings. The normalized spacial score (nSPS) is 14.2. The van der Waals surface area contributed by atoms with E-state index in [1.54, 1.807) is 6.26 Å². The van der Waals surface area contributed by atoms with Gasteiger partial charge in [-0.15, -0.1) is 0 Å². The van der Waals surface area contributed by atoms with Gasteiger partial charge in [-0.2, -0.15) is 5.26 Å². The van der Waals surface area contributed by atoms with E-state index in [1.165, 1.54) is 0 Å². The van der Waals surface area contributed by atoms with Crippen molar-refractivity contribution in [3.63, 3.8) is 0 Å². The molecule has 5 rings (SSSR count). The first-order valence-corrected chi connectivity index (χ1v) is 12.0. The molecule has 0 unspecified atom stereocenters. The number of amides is 2. The minimum atomic E-state index is -0.194. The number of nitrogens with zero attached hydrogens (tertiary/aromatic N) is 4. The Kier molecular flexibility index (Phi) is 6.36. The second-order valence-electron chi connectivity index (χ2n) is 9.10. The maximum atomic E-state index is 13.0. The van der Waals surface area contributed by atoms with E-state index in [0.29, 0.717) is 49.8 Å². The SMILES string of the molecule is Cc1c(C#N)c(NC(=O)CN2CCN(C(=O)c3cc4ccccc4[nH]3)CC2)n(Cc2ccco2)c1C. The standard InChI is InChI=1S/C27H28N6O3/c1-18-19(2)33(16-21-7-5-13-36-21)26(22(18)15-28)30-25(34)17-31-9-11-32(12-10-31)27(35)24-14-20-6-3-4-8-23(20)29-24/h3-8,13-14,29H,9-12,16-17H2,1-2H3,(H,30,34). The maximum absolute atomic E-state index is 13.0. The second kappa shape index (κ2) is 9.76. The smallest absolute Gasteiger partial charge is 0.270 e. The second-order valence-corrected chi connectivity index (χ2v) is 9.10. The summed E-state index contributed by atoms with van der Waals surface area (Å²) in [4.78, 5) is 33.0. The van der Waals surface area contributed by atoms with Crippen LogP contribution in [0.25, 0.3) is 10.9 Å². The summed E-state index contributed by atoms with van der Waals surface area (Å²) in [6, 6.07) is 15.6. The number of nitrogens with one attached hydrogen (secondary N) is 2. The highest BCUT2D eigenvalue weighted by atomic mass is 16.3. The van der Waals surface area contributed by atoms with E-state index in [4.69, 9.17) is 4.42 Å². The number of H-pyrrole nitrogens is 1. The maximum Gasteiger partial charge on any atom is 0.270 e. The molecule has 0 saturated carbocycles. The van der Waals surface area contributed by atoms with Gasteiger partial charge in [-0.25, -0.2) is 0 Å². The highest BCUT2D eigenvalue weighted by molar-refractivity contribution is 5.98. The highest BCUT2D eigenvalue weighted by Crippen LogP contribution is 2.27. The zero-order valence-electron chi connectivity index (χ0n) is 20.4. The molecule has 36 heavy (non-hydrogen) atoms. The Morgan fingerprint density at radius 2 is 1.89 bits per heavy atom. The number of fused-ring (bicyclic) bond motifs is 1. The lowest BCUT2D eigenvalue weighted by Crippen LogP contribution is -2.50. The molecule has 1 fully saturated rings. The number of para-hydroxylation sites is 1. The van der Waals surface area contributed by atoms with Crippen LogP contribution in [0.5, 0.6) is 0 Å². The summed E-state index contributed by atoms with van der Waals surface area (Å²) >= 11 is 0. The van der Waals surface area contributed by atoms with E-state index in [9.17, 15) is 14.9 Å². The lowest BCUT2D eigenvalue weighted by atomic mass is 10.2. The Labute approximate surface area is 208 Å². The minimum Gasteiger partial charge on any atom is -0.467 e. The molecule has 184 valence electrons. The number of hydrogen-bond donors (Lipinski definition) is 2. The van der Waals surface area contributed by atoms with E-state index >= 15 is 0 Å². The molecule has 0 radical (unpaired) electrons. The fraction of sp³-hybridized carbons (Fsp3) is 0.296. The van der Waals surface area contributed by atoms with Crippen LogP contribution in [-0.2, 0) is 11.3 Å². The summed E-state index contributed by atoms with van der Waals surface area (Å²) in [5.41, 5.74) is 3.72. The number of aromatic nitrogens is 2. The quantitative estimate of drug-likeness (QED) is 0.435. The number of benzene rings is 1. The first-order valence-electron chi connectivity index (χ1n) is 12.0. The molecule has 2 N–H and O–H groups in total. The number of rotatable bonds is 6. The fourth-order valence-electron chi connectivity index (χ4n) is 4.73. The number of nitriles is 1. The van der Waals surface area contributed by atoms with Gasteiger partial charge in [-0.3, -0.25) is 14.5 Å². The van der Waals surface area contributed by atoms with Crippen LogP contribution in [0.4, 0.5) is 5.82 Å². The van der Waals surface area contributed by atoms with Gasteiger partial charge < -0.3 is 24.2 Å². The van der Waals surface area contributed by atoms with Crippen LogP contribution in [0.3, 0.4) is 0 Å². The molecule has 1 aromatic carbocycles. The number of furan rings is 1. The van der Waals surface area contributed by atoms with Crippen LogP contribution >= 0.6 is 0 Å². The highest BCUT2D eigenvalue weighted by Gasteiger charge is 2.26. The number of anilines is 1. The molecule has 1 aliphatic heterocycles. The average Bonchev–Trinajstić information content (AvgIpc) is 3.60. The molecule has 9 nitrogen and oxygen atoms in total. The molecular weight excluding hydrogens is 456 g/mol. The topological polar surface area (TPSA) is 110 Å². The summed E-state index contributed by atoms with van der Waals surface area (Å²) in [6.45, 7) is 6.68. The van der Waals surface area contributed by atoms with Gasteiger partial charge in [0.1, 0.15) is 23.3 Å². The van der Waals surface area contributed by atoms with Crippen LogP contribution in [0.2, 0.25) is 0 Å². The zero-order valence-corrected chi connectivity index (χ0v) is 20.4. The molecule has 4 heterocycles. The van der Waals surface area contributed by atoms with Crippen molar-refractivity contribution in [3.05, 3.63) is 77.0 Å². The third kappa shape index (κ3) is 4.51. The number of hydrogen-bond acceptors (Lipinski definition) is 5. The molecule has 1 saturated heterocycles. The first kappa shape index (κ1) is 23.5. The Morgan fingerprint density at radius 1 is 1.11 bits per heavy atom. The third-order valence-corrected chi connectivity index (χ3v) is 6.88. The monoisotopic (exact) mass is 484 g/mol. The molecule has 9 heteroatoms.